The molecule has 2 heterocycles. The second-order valence-electron chi connectivity index (χ2n) is 6.68. The van der Waals surface area contributed by atoms with Gasteiger partial charge in [0.05, 0.1) is 25.5 Å². The molecule has 0 aliphatic carbocycles. The molecule has 1 aliphatic heterocycles. The van der Waals surface area contributed by atoms with Crippen molar-refractivity contribution < 1.29 is 19.4 Å². The molecule has 0 saturated heterocycles. The van der Waals surface area contributed by atoms with Crippen LogP contribution in [-0.2, 0) is 22.6 Å². The van der Waals surface area contributed by atoms with Gasteiger partial charge in [-0.3, -0.25) is 14.6 Å². The number of amides is 2. The number of rotatable bonds is 9. The first-order chi connectivity index (χ1) is 13.7. The Morgan fingerprint density at radius 3 is 2.93 bits per heavy atom. The van der Waals surface area contributed by atoms with E-state index in [-0.39, 0.29) is 25.0 Å². The van der Waals surface area contributed by atoms with Gasteiger partial charge in [-0.25, -0.2) is 0 Å². The quantitative estimate of drug-likeness (QED) is 0.648. The summed E-state index contributed by atoms with van der Waals surface area (Å²) in [5.74, 6) is 0.748. The summed E-state index contributed by atoms with van der Waals surface area (Å²) in [4.78, 5) is 29.7. The van der Waals surface area contributed by atoms with E-state index in [1.54, 1.807) is 11.1 Å². The van der Waals surface area contributed by atoms with Crippen molar-refractivity contribution in [1.29, 1.82) is 0 Å². The van der Waals surface area contributed by atoms with E-state index in [1.807, 2.05) is 36.4 Å². The van der Waals surface area contributed by atoms with Gasteiger partial charge in [-0.15, -0.1) is 0 Å². The Labute approximate surface area is 164 Å². The van der Waals surface area contributed by atoms with Crippen LogP contribution in [0.5, 0.6) is 5.75 Å². The lowest BCUT2D eigenvalue weighted by Gasteiger charge is -2.21. The Bertz CT molecular complexity index is 811. The van der Waals surface area contributed by atoms with Crippen LogP contribution in [0.2, 0.25) is 0 Å². The highest BCUT2D eigenvalue weighted by atomic mass is 16.5. The molecule has 1 aliphatic rings. The number of aliphatic hydroxyl groups excluding tert-OH is 1. The second kappa shape index (κ2) is 9.85. The average Bonchev–Trinajstić information content (AvgIpc) is 2.71. The first-order valence-corrected chi connectivity index (χ1v) is 9.50. The smallest absolute Gasteiger partial charge is 0.224 e. The van der Waals surface area contributed by atoms with Crippen molar-refractivity contribution in [2.24, 2.45) is 0 Å². The highest BCUT2D eigenvalue weighted by Gasteiger charge is 2.16. The predicted molar refractivity (Wildman–Crippen MR) is 105 cm³/mol. The monoisotopic (exact) mass is 383 g/mol. The number of anilines is 1. The molecule has 0 bridgehead atoms. The van der Waals surface area contributed by atoms with Crippen molar-refractivity contribution >= 4 is 17.5 Å². The van der Waals surface area contributed by atoms with Gasteiger partial charge in [-0.2, -0.15) is 0 Å². The molecule has 2 aromatic rings. The van der Waals surface area contributed by atoms with E-state index in [0.717, 1.165) is 22.7 Å². The number of aryl methyl sites for hydroxylation is 1. The normalized spacial score (nSPS) is 12.8. The fourth-order valence-corrected chi connectivity index (χ4v) is 3.12. The minimum Gasteiger partial charge on any atom is -0.494 e. The number of pyridine rings is 1. The van der Waals surface area contributed by atoms with E-state index >= 15 is 0 Å². The second-order valence-corrected chi connectivity index (χ2v) is 6.68. The van der Waals surface area contributed by atoms with Gasteiger partial charge < -0.3 is 20.1 Å². The fraction of sp³-hybridized carbons (Fsp3) is 0.381. The zero-order valence-electron chi connectivity index (χ0n) is 15.8. The Hall–Kier alpha value is -2.93. The number of benzene rings is 1. The molecule has 0 spiro atoms. The summed E-state index contributed by atoms with van der Waals surface area (Å²) in [6, 6.07) is 11.2. The molecule has 3 rings (SSSR count). The van der Waals surface area contributed by atoms with Gasteiger partial charge in [0.1, 0.15) is 5.75 Å². The lowest BCUT2D eigenvalue weighted by molar-refractivity contribution is -0.132. The molecular formula is C21H25N3O4. The molecule has 28 heavy (non-hydrogen) atoms. The van der Waals surface area contributed by atoms with Crippen LogP contribution in [0.25, 0.3) is 0 Å². The molecule has 2 N–H and O–H groups in total. The van der Waals surface area contributed by atoms with Crippen LogP contribution in [-0.4, -0.2) is 46.6 Å². The average molecular weight is 383 g/mol. The molecule has 1 aromatic carbocycles. The number of carbonyl (C=O) groups is 2. The number of nitrogens with one attached hydrogen (secondary N) is 1. The SMILES string of the molecule is O=C1CCc2cc(OCCCC(=O)N(CCO)Cc3ccccn3)ccc2N1. The maximum atomic E-state index is 12.5. The van der Waals surface area contributed by atoms with E-state index in [1.165, 1.54) is 0 Å². The first-order valence-electron chi connectivity index (χ1n) is 9.50. The highest BCUT2D eigenvalue weighted by Crippen LogP contribution is 2.26. The number of carbonyl (C=O) groups excluding carboxylic acids is 2. The van der Waals surface area contributed by atoms with Gasteiger partial charge in [0.15, 0.2) is 0 Å². The van der Waals surface area contributed by atoms with Crippen LogP contribution >= 0.6 is 0 Å². The molecule has 0 saturated carbocycles. The van der Waals surface area contributed by atoms with E-state index in [0.29, 0.717) is 38.8 Å². The molecule has 1 aromatic heterocycles. The zero-order valence-corrected chi connectivity index (χ0v) is 15.8. The Morgan fingerprint density at radius 1 is 1.25 bits per heavy atom. The van der Waals surface area contributed by atoms with Gasteiger partial charge in [0, 0.05) is 31.3 Å². The summed E-state index contributed by atoms with van der Waals surface area (Å²) < 4.78 is 5.76. The van der Waals surface area contributed by atoms with Gasteiger partial charge in [0.25, 0.3) is 0 Å². The number of hydrogen-bond acceptors (Lipinski definition) is 5. The van der Waals surface area contributed by atoms with Crippen molar-refractivity contribution in [3.05, 3.63) is 53.9 Å². The van der Waals surface area contributed by atoms with Crippen molar-refractivity contribution in [3.8, 4) is 5.75 Å². The molecule has 7 nitrogen and oxygen atoms in total. The molecule has 7 heteroatoms. The van der Waals surface area contributed by atoms with Crippen LogP contribution in [0.3, 0.4) is 0 Å². The molecule has 0 fully saturated rings. The fourth-order valence-electron chi connectivity index (χ4n) is 3.12. The van der Waals surface area contributed by atoms with Crippen LogP contribution in [0, 0.1) is 0 Å². The molecule has 2 amide bonds. The van der Waals surface area contributed by atoms with Crippen LogP contribution in [0.1, 0.15) is 30.5 Å². The number of aliphatic hydroxyl groups is 1. The topological polar surface area (TPSA) is 91.8 Å². The lowest BCUT2D eigenvalue weighted by Crippen LogP contribution is -2.33. The number of hydrogen-bond donors (Lipinski definition) is 2. The number of aromatic nitrogens is 1. The summed E-state index contributed by atoms with van der Waals surface area (Å²) in [5, 5.41) is 12.1. The Kier molecular flexibility index (Phi) is 6.97. The van der Waals surface area contributed by atoms with E-state index < -0.39 is 0 Å². The van der Waals surface area contributed by atoms with Gasteiger partial charge >= 0.3 is 0 Å². The largest absolute Gasteiger partial charge is 0.494 e. The predicted octanol–water partition coefficient (Wildman–Crippen LogP) is 2.15. The molecular weight excluding hydrogens is 358 g/mol. The third-order valence-corrected chi connectivity index (χ3v) is 4.58. The number of fused-ring (bicyclic) bond motifs is 1. The third kappa shape index (κ3) is 5.53. The summed E-state index contributed by atoms with van der Waals surface area (Å²) in [6.45, 7) is 1.01. The maximum absolute atomic E-state index is 12.5. The maximum Gasteiger partial charge on any atom is 0.224 e. The number of ether oxygens (including phenoxy) is 1. The minimum absolute atomic E-state index is 0.0311. The van der Waals surface area contributed by atoms with Gasteiger partial charge in [-0.05, 0) is 48.7 Å². The van der Waals surface area contributed by atoms with E-state index in [2.05, 4.69) is 10.3 Å². The van der Waals surface area contributed by atoms with Crippen molar-refractivity contribution in [3.63, 3.8) is 0 Å². The van der Waals surface area contributed by atoms with E-state index in [4.69, 9.17) is 4.74 Å². The summed E-state index contributed by atoms with van der Waals surface area (Å²) in [6.07, 6.45) is 3.81. The van der Waals surface area contributed by atoms with Crippen LogP contribution in [0.4, 0.5) is 5.69 Å². The summed E-state index contributed by atoms with van der Waals surface area (Å²) in [5.41, 5.74) is 2.70. The van der Waals surface area contributed by atoms with Crippen LogP contribution < -0.4 is 10.1 Å². The van der Waals surface area contributed by atoms with E-state index in [9.17, 15) is 14.7 Å². The van der Waals surface area contributed by atoms with Gasteiger partial charge in [0.2, 0.25) is 11.8 Å². The Balaban J connectivity index is 1.45. The van der Waals surface area contributed by atoms with Crippen molar-refractivity contribution in [2.75, 3.05) is 25.1 Å². The molecule has 0 unspecified atom stereocenters. The minimum atomic E-state index is -0.0826. The third-order valence-electron chi connectivity index (χ3n) is 4.58. The Morgan fingerprint density at radius 2 is 2.14 bits per heavy atom. The molecule has 0 radical (unpaired) electrons. The van der Waals surface area contributed by atoms with Gasteiger partial charge in [-0.1, -0.05) is 6.07 Å². The zero-order chi connectivity index (χ0) is 19.8. The van der Waals surface area contributed by atoms with Crippen molar-refractivity contribution in [2.45, 2.75) is 32.2 Å². The van der Waals surface area contributed by atoms with Crippen LogP contribution in [0.15, 0.2) is 42.6 Å². The molecule has 0 atom stereocenters. The standard InChI is InChI=1S/C21H25N3O4/c25-12-11-24(15-17-4-1-2-10-22-17)21(27)5-3-13-28-18-7-8-19-16(14-18)6-9-20(26)23-19/h1-2,4,7-8,10,14,25H,3,5-6,9,11-13,15H2,(H,23,26). The lowest BCUT2D eigenvalue weighted by atomic mass is 10.0. The first kappa shape index (κ1) is 19.8. The molecule has 148 valence electrons. The number of nitrogens with zero attached hydrogens (tertiary/aromatic N) is 2. The summed E-state index contributed by atoms with van der Waals surface area (Å²) >= 11 is 0. The van der Waals surface area contributed by atoms with Crippen molar-refractivity contribution in [1.82, 2.24) is 9.88 Å². The highest BCUT2D eigenvalue weighted by molar-refractivity contribution is 5.94. The summed E-state index contributed by atoms with van der Waals surface area (Å²) in [7, 11) is 0.